The van der Waals surface area contributed by atoms with E-state index in [2.05, 4.69) is 176 Å². The Hall–Kier alpha value is -11.7. The summed E-state index contributed by atoms with van der Waals surface area (Å²) in [5, 5.41) is 2.45. The third-order valence-corrected chi connectivity index (χ3v) is 26.4. The van der Waals surface area contributed by atoms with Gasteiger partial charge in [-0.1, -0.05) is 80.4 Å². The zero-order valence-electron chi connectivity index (χ0n) is 72.1. The molecule has 0 N–H and O–H groups in total. The van der Waals surface area contributed by atoms with Gasteiger partial charge in [0, 0.05) is 130 Å². The van der Waals surface area contributed by atoms with Gasteiger partial charge >= 0.3 is 24.2 Å². The number of nitrogens with zero attached hydrogens (tertiary/aromatic N) is 21. The fourth-order valence-corrected chi connectivity index (χ4v) is 19.0. The molecule has 0 saturated carbocycles. The second-order valence-electron chi connectivity index (χ2n) is 34.0. The Balaban J connectivity index is 0.000000151. The number of aromatic nitrogens is 6. The van der Waals surface area contributed by atoms with Crippen LogP contribution in [-0.4, -0.2) is 272 Å². The number of hydrogen-bond acceptors (Lipinski definition) is 21. The number of carbonyl (C=O) groups is 3. The lowest BCUT2D eigenvalue weighted by molar-refractivity contribution is -0.137. The Bertz CT molecular complexity index is 5180. The molecular formula is C93H114F3N21O6. The van der Waals surface area contributed by atoms with Crippen molar-refractivity contribution in [3.8, 4) is 18.0 Å². The highest BCUT2D eigenvalue weighted by Gasteiger charge is 2.43. The average Bonchev–Trinajstić information content (AvgIpc) is 1.53. The van der Waals surface area contributed by atoms with Crippen LogP contribution in [0.5, 0.6) is 18.0 Å². The van der Waals surface area contributed by atoms with Crippen LogP contribution >= 0.6 is 0 Å². The summed E-state index contributed by atoms with van der Waals surface area (Å²) in [6.07, 6.45) is 8.15. The van der Waals surface area contributed by atoms with E-state index in [9.17, 15) is 27.6 Å². The van der Waals surface area contributed by atoms with Crippen molar-refractivity contribution >= 4 is 63.0 Å². The van der Waals surface area contributed by atoms with E-state index >= 15 is 0 Å². The molecule has 16 rings (SSSR count). The van der Waals surface area contributed by atoms with Crippen molar-refractivity contribution in [3.63, 3.8) is 0 Å². The van der Waals surface area contributed by atoms with E-state index in [1.807, 2.05) is 0 Å². The SMILES string of the molecule is [C-]#[N+]CC1CN(c2nc(OC[C@]3(C)CCCN3C)nc3c2CCN(c2cccc4ccccc24)C3)CCN1C(=O)C=C.[C-]#[N+]C[C@H]1CN(c2nc(OC[C@@H]3CCCN3C)nc3c2CCN(c2cccc(C)c2C(F)(F)F)C3)CCN1C(=O)C=C.[C-]#[N+]C[C@H]1CN(c2nc(OC[C@@H]3CCCN3C)nc3c2CCN(c2cccc(C)c2C)C3)CCN1C(=O)C=C. The molecule has 12 heterocycles. The van der Waals surface area contributed by atoms with Gasteiger partial charge in [0.05, 0.1) is 47.8 Å². The molecule has 7 aromatic rings. The van der Waals surface area contributed by atoms with Gasteiger partial charge in [0.15, 0.2) is 0 Å². The van der Waals surface area contributed by atoms with Crippen LogP contribution < -0.4 is 43.6 Å². The summed E-state index contributed by atoms with van der Waals surface area (Å²) in [7, 11) is 6.35. The lowest BCUT2D eigenvalue weighted by atomic mass is 10.00. The summed E-state index contributed by atoms with van der Waals surface area (Å²) in [6.45, 7) is 54.9. The maximum atomic E-state index is 14.1. The summed E-state index contributed by atoms with van der Waals surface area (Å²) in [5.74, 6) is 1.95. The first-order chi connectivity index (χ1) is 59.4. The number of ether oxygens (including phenoxy) is 3. The largest absolute Gasteiger partial charge is 0.462 e. The van der Waals surface area contributed by atoms with Crippen LogP contribution in [0.3, 0.4) is 0 Å². The maximum absolute atomic E-state index is 14.1. The Morgan fingerprint density at radius 1 is 0.480 bits per heavy atom. The van der Waals surface area contributed by atoms with E-state index in [1.54, 1.807) is 25.7 Å². The van der Waals surface area contributed by atoms with Crippen molar-refractivity contribution in [1.29, 1.82) is 0 Å². The summed E-state index contributed by atoms with van der Waals surface area (Å²) >= 11 is 0. The number of amides is 3. The highest BCUT2D eigenvalue weighted by atomic mass is 19.4. The summed E-state index contributed by atoms with van der Waals surface area (Å²) in [5.41, 5.74) is 10.4. The van der Waals surface area contributed by atoms with Gasteiger partial charge in [0.25, 0.3) is 0 Å². The van der Waals surface area contributed by atoms with Crippen molar-refractivity contribution < 1.29 is 41.8 Å². The minimum atomic E-state index is -4.49. The van der Waals surface area contributed by atoms with Crippen LogP contribution in [0.4, 0.5) is 47.7 Å². The first kappa shape index (κ1) is 87.7. The number of anilines is 6. The summed E-state index contributed by atoms with van der Waals surface area (Å²) < 4.78 is 61.0. The number of alkyl halides is 3. The van der Waals surface area contributed by atoms with Gasteiger partial charge in [-0.05, 0) is 185 Å². The van der Waals surface area contributed by atoms with Crippen molar-refractivity contribution in [1.82, 2.24) is 59.3 Å². The molecule has 30 heteroatoms. The van der Waals surface area contributed by atoms with Crippen molar-refractivity contribution in [2.45, 2.75) is 147 Å². The lowest BCUT2D eigenvalue weighted by Crippen LogP contribution is -2.56. The zero-order valence-corrected chi connectivity index (χ0v) is 72.1. The minimum Gasteiger partial charge on any atom is -0.462 e. The molecule has 648 valence electrons. The highest BCUT2D eigenvalue weighted by Crippen LogP contribution is 2.43. The topological polar surface area (TPSA) is 208 Å². The van der Waals surface area contributed by atoms with E-state index < -0.39 is 11.7 Å². The third kappa shape index (κ3) is 19.6. The molecule has 4 aromatic carbocycles. The zero-order chi connectivity index (χ0) is 86.8. The molecule has 9 aliphatic rings. The molecule has 27 nitrogen and oxygen atoms in total. The van der Waals surface area contributed by atoms with Crippen LogP contribution in [-0.2, 0) is 59.5 Å². The first-order valence-electron chi connectivity index (χ1n) is 43.1. The number of piperazine rings is 3. The van der Waals surface area contributed by atoms with E-state index in [1.165, 1.54) is 77.0 Å². The predicted octanol–water partition coefficient (Wildman–Crippen LogP) is 11.4. The van der Waals surface area contributed by atoms with E-state index in [-0.39, 0.29) is 90.9 Å². The van der Waals surface area contributed by atoms with E-state index in [4.69, 9.17) is 63.8 Å². The van der Waals surface area contributed by atoms with Crippen LogP contribution in [0, 0.1) is 40.5 Å². The first-order valence-corrected chi connectivity index (χ1v) is 43.1. The smallest absolute Gasteiger partial charge is 0.418 e. The van der Waals surface area contributed by atoms with Crippen LogP contribution in [0.15, 0.2) is 117 Å². The van der Waals surface area contributed by atoms with E-state index in [0.29, 0.717) is 134 Å². The molecule has 0 spiro atoms. The number of hydrogen-bond donors (Lipinski definition) is 0. The Morgan fingerprint density at radius 2 is 0.886 bits per heavy atom. The molecule has 3 aromatic heterocycles. The van der Waals surface area contributed by atoms with Crippen LogP contribution in [0.2, 0.25) is 0 Å². The molecule has 123 heavy (non-hydrogen) atoms. The molecule has 6 atom stereocenters. The number of benzene rings is 4. The second kappa shape index (κ2) is 38.8. The molecule has 6 saturated heterocycles. The fraction of sp³-hybridized carbons (Fsp3) is 0.505. The number of likely N-dealkylation sites (tertiary alicyclic amines) is 3. The van der Waals surface area contributed by atoms with Gasteiger partial charge in [0.2, 0.25) is 37.4 Å². The number of rotatable bonds is 21. The molecule has 0 radical (unpaired) electrons. The average molecular weight is 1680 g/mol. The number of halogens is 3. The third-order valence-electron chi connectivity index (χ3n) is 26.4. The monoisotopic (exact) mass is 1680 g/mol. The molecule has 0 bridgehead atoms. The lowest BCUT2D eigenvalue weighted by Gasteiger charge is -2.41. The van der Waals surface area contributed by atoms with Crippen molar-refractivity contribution in [2.75, 3.05) is 188 Å². The quantitative estimate of drug-likeness (QED) is 0.0484. The number of likely N-dealkylation sites (N-methyl/N-ethyl adjacent to an activating group) is 3. The highest BCUT2D eigenvalue weighted by molar-refractivity contribution is 5.94. The van der Waals surface area contributed by atoms with Gasteiger partial charge < -0.3 is 82.6 Å². The van der Waals surface area contributed by atoms with Gasteiger partial charge in [-0.25, -0.2) is 19.7 Å². The van der Waals surface area contributed by atoms with Crippen molar-refractivity contribution in [3.05, 3.63) is 207 Å². The molecule has 1 unspecified atom stereocenters. The minimum absolute atomic E-state index is 0.0498. The number of aryl methyl sites for hydroxylation is 2. The number of carbonyl (C=O) groups excluding carboxylic acids is 3. The van der Waals surface area contributed by atoms with Crippen LogP contribution in [0.1, 0.15) is 101 Å². The molecule has 0 aliphatic carbocycles. The number of fused-ring (bicyclic) bond motifs is 4. The van der Waals surface area contributed by atoms with Gasteiger partial charge in [-0.15, -0.1) is 0 Å². The van der Waals surface area contributed by atoms with E-state index in [0.717, 1.165) is 117 Å². The second-order valence-corrected chi connectivity index (χ2v) is 34.0. The van der Waals surface area contributed by atoms with Gasteiger partial charge in [-0.2, -0.15) is 43.1 Å². The van der Waals surface area contributed by atoms with Gasteiger partial charge in [0.1, 0.15) is 55.4 Å². The Morgan fingerprint density at radius 3 is 1.31 bits per heavy atom. The normalized spacial score (nSPS) is 21.7. The molecule has 9 aliphatic heterocycles. The Labute approximate surface area is 720 Å². The summed E-state index contributed by atoms with van der Waals surface area (Å²) in [6, 6.07) is 26.9. The Kier molecular flexibility index (Phi) is 27.7. The maximum Gasteiger partial charge on any atom is 0.418 e. The van der Waals surface area contributed by atoms with Gasteiger partial charge in [-0.3, -0.25) is 19.3 Å². The molecular weight excluding hydrogens is 1560 g/mol. The van der Waals surface area contributed by atoms with Crippen molar-refractivity contribution in [2.24, 2.45) is 0 Å². The fourth-order valence-electron chi connectivity index (χ4n) is 19.0. The molecule has 6 fully saturated rings. The predicted molar refractivity (Wildman–Crippen MR) is 473 cm³/mol. The standard InChI is InChI=1S/C33H39N7O2.C30H36F3N7O2.C30H39N7O2/c1-5-30(41)40-19-18-39(21-25(40)20-34-3)31-27-14-17-38(29-13-8-11-24-10-6-7-12-26(24)29)22-28(27)35-32(36-31)42-23-33(2)15-9-16-37(33)4;1-5-26(41)40-15-14-39(17-22(40)16-34-3)28-23-11-13-38(25-10-6-8-20(2)27(25)30(31,32)33)18-24(23)35-29(36-28)42-19-21-9-7-12-37(21)4;1-6-28(38)37-16-15-36(18-24(37)17-31-4)29-25-12-14-35(27-11-7-9-21(2)22(27)3)19-26(25)32-30(33-29)39-20-23-10-8-13-34(23)5/h5-8,10-13,25H,1,9,14-23H2,2,4H3;5-6,8,10,21-22H,1,7,9,11-19H2,2,4H3;6-7,9,11,23-24H,1,8,10,12-20H2,2-3,5H3/t25?,33-;21-,22-;23-,24-/m000/s1. The molecule has 3 amide bonds. The summed E-state index contributed by atoms with van der Waals surface area (Å²) in [4.78, 5) is 103. The van der Waals surface area contributed by atoms with Crippen LogP contribution in [0.25, 0.3) is 25.3 Å².